The van der Waals surface area contributed by atoms with Gasteiger partial charge in [0.05, 0.1) is 0 Å². The Balaban J connectivity index is 3.23. The number of hydrogen-bond donors (Lipinski definition) is 0. The molecule has 0 saturated carbocycles. The van der Waals surface area contributed by atoms with E-state index in [9.17, 15) is 19.3 Å². The summed E-state index contributed by atoms with van der Waals surface area (Å²) in [4.78, 5) is 20.4. The molecule has 1 aliphatic carbocycles. The summed E-state index contributed by atoms with van der Waals surface area (Å²) in [5.41, 5.74) is -2.00. The van der Waals surface area contributed by atoms with Crippen molar-refractivity contribution >= 4 is 6.29 Å². The molecule has 1 atom stereocenters. The first-order valence-electron chi connectivity index (χ1n) is 3.69. The zero-order valence-electron chi connectivity index (χ0n) is 6.99. The third kappa shape index (κ3) is 1.37. The van der Waals surface area contributed by atoms with E-state index in [4.69, 9.17) is 0 Å². The molecule has 0 spiro atoms. The average molecular weight is 185 g/mol. The molecule has 0 N–H and O–H groups in total. The molecule has 0 heterocycles. The van der Waals surface area contributed by atoms with E-state index in [1.165, 1.54) is 13.0 Å². The first-order valence-corrected chi connectivity index (χ1v) is 3.69. The molecule has 0 radical (unpaired) electrons. The van der Waals surface area contributed by atoms with Crippen molar-refractivity contribution in [1.82, 2.24) is 0 Å². The van der Waals surface area contributed by atoms with E-state index in [1.807, 2.05) is 0 Å². The Morgan fingerprint density at radius 3 is 2.77 bits per heavy atom. The predicted molar refractivity (Wildman–Crippen MR) is 43.4 cm³/mol. The van der Waals surface area contributed by atoms with Gasteiger partial charge in [0.2, 0.25) is 0 Å². The van der Waals surface area contributed by atoms with Gasteiger partial charge in [-0.1, -0.05) is 6.08 Å². The van der Waals surface area contributed by atoms with Crippen LogP contribution in [0.15, 0.2) is 23.6 Å². The van der Waals surface area contributed by atoms with Crippen LogP contribution in [0.5, 0.6) is 0 Å². The maximum absolute atomic E-state index is 13.0. The molecule has 0 aromatic heterocycles. The van der Waals surface area contributed by atoms with Crippen molar-refractivity contribution in [2.24, 2.45) is 0 Å². The van der Waals surface area contributed by atoms with Gasteiger partial charge in [-0.15, -0.1) is 0 Å². The third-order valence-corrected chi connectivity index (χ3v) is 2.14. The van der Waals surface area contributed by atoms with Crippen molar-refractivity contribution in [3.05, 3.63) is 33.7 Å². The molecular weight excluding hydrogens is 177 g/mol. The summed E-state index contributed by atoms with van der Waals surface area (Å²) >= 11 is 0. The molecule has 13 heavy (non-hydrogen) atoms. The number of nitro groups is 1. The van der Waals surface area contributed by atoms with Gasteiger partial charge in [-0.25, -0.2) is 4.39 Å². The highest BCUT2D eigenvalue weighted by Gasteiger charge is 2.44. The van der Waals surface area contributed by atoms with Gasteiger partial charge in [0.15, 0.2) is 6.29 Å². The van der Waals surface area contributed by atoms with Gasteiger partial charge >= 0.3 is 0 Å². The highest BCUT2D eigenvalue weighted by atomic mass is 19.1. The highest BCUT2D eigenvalue weighted by Crippen LogP contribution is 2.31. The van der Waals surface area contributed by atoms with Crippen LogP contribution in [0.25, 0.3) is 0 Å². The number of nitrogens with zero attached hydrogens (tertiary/aromatic N) is 1. The lowest BCUT2D eigenvalue weighted by Crippen LogP contribution is -2.38. The van der Waals surface area contributed by atoms with E-state index in [0.29, 0.717) is 0 Å². The van der Waals surface area contributed by atoms with Crippen LogP contribution in [0.4, 0.5) is 4.39 Å². The van der Waals surface area contributed by atoms with Crippen LogP contribution in [-0.4, -0.2) is 16.7 Å². The summed E-state index contributed by atoms with van der Waals surface area (Å²) < 4.78 is 13.0. The number of carbonyl (C=O) groups excluding carboxylic acids is 1. The van der Waals surface area contributed by atoms with E-state index < -0.39 is 16.3 Å². The fourth-order valence-electron chi connectivity index (χ4n) is 1.20. The van der Waals surface area contributed by atoms with E-state index >= 15 is 0 Å². The van der Waals surface area contributed by atoms with E-state index in [-0.39, 0.29) is 18.3 Å². The van der Waals surface area contributed by atoms with E-state index in [1.54, 1.807) is 0 Å². The number of rotatable bonds is 2. The molecule has 0 saturated heterocycles. The van der Waals surface area contributed by atoms with Crippen molar-refractivity contribution < 1.29 is 14.1 Å². The zero-order valence-corrected chi connectivity index (χ0v) is 6.99. The van der Waals surface area contributed by atoms with Crippen LogP contribution in [0.1, 0.15) is 13.3 Å². The number of halogens is 1. The van der Waals surface area contributed by atoms with Crippen LogP contribution in [0, 0.1) is 10.1 Å². The summed E-state index contributed by atoms with van der Waals surface area (Å²) in [5.74, 6) is -0.819. The fourth-order valence-corrected chi connectivity index (χ4v) is 1.20. The molecule has 0 amide bonds. The predicted octanol–water partition coefficient (Wildman–Crippen LogP) is 1.40. The molecule has 0 aromatic carbocycles. The second-order valence-electron chi connectivity index (χ2n) is 3.02. The van der Waals surface area contributed by atoms with Gasteiger partial charge in [0, 0.05) is 18.3 Å². The molecule has 0 bridgehead atoms. The number of hydrogen-bond acceptors (Lipinski definition) is 3. The molecule has 70 valence electrons. The van der Waals surface area contributed by atoms with Gasteiger partial charge in [0.1, 0.15) is 11.4 Å². The fraction of sp³-hybridized carbons (Fsp3) is 0.375. The lowest BCUT2D eigenvalue weighted by molar-refractivity contribution is -0.551. The lowest BCUT2D eigenvalue weighted by Gasteiger charge is -2.21. The van der Waals surface area contributed by atoms with Crippen molar-refractivity contribution in [3.63, 3.8) is 0 Å². The first-order chi connectivity index (χ1) is 6.02. The van der Waals surface area contributed by atoms with Crippen LogP contribution in [0.2, 0.25) is 0 Å². The Labute approximate surface area is 73.9 Å². The van der Waals surface area contributed by atoms with Gasteiger partial charge in [-0.2, -0.15) is 0 Å². The maximum Gasteiger partial charge on any atom is 0.253 e. The summed E-state index contributed by atoms with van der Waals surface area (Å²) in [6.07, 6.45) is 2.68. The quantitative estimate of drug-likeness (QED) is 0.371. The van der Waals surface area contributed by atoms with Crippen molar-refractivity contribution in [2.75, 3.05) is 0 Å². The van der Waals surface area contributed by atoms with Crippen LogP contribution < -0.4 is 0 Å². The highest BCUT2D eigenvalue weighted by molar-refractivity contribution is 5.78. The summed E-state index contributed by atoms with van der Waals surface area (Å²) in [5, 5.41) is 10.6. The van der Waals surface area contributed by atoms with Gasteiger partial charge in [-0.3, -0.25) is 14.9 Å². The number of aldehydes is 1. The monoisotopic (exact) mass is 185 g/mol. The lowest BCUT2D eigenvalue weighted by atomic mass is 9.86. The molecule has 4 nitrogen and oxygen atoms in total. The normalized spacial score (nSPS) is 27.5. The van der Waals surface area contributed by atoms with Gasteiger partial charge in [-0.05, 0) is 6.08 Å². The topological polar surface area (TPSA) is 60.2 Å². The maximum atomic E-state index is 13.0. The Hall–Kier alpha value is -1.52. The largest absolute Gasteiger partial charge is 0.298 e. The Morgan fingerprint density at radius 1 is 1.77 bits per heavy atom. The van der Waals surface area contributed by atoms with Crippen molar-refractivity contribution in [3.8, 4) is 0 Å². The zero-order chi connectivity index (χ0) is 10.1. The molecule has 1 aliphatic rings. The Kier molecular flexibility index (Phi) is 2.27. The van der Waals surface area contributed by atoms with Crippen molar-refractivity contribution in [1.29, 1.82) is 0 Å². The smallest absolute Gasteiger partial charge is 0.253 e. The summed E-state index contributed by atoms with van der Waals surface area (Å²) in [6, 6.07) is 0. The minimum Gasteiger partial charge on any atom is -0.298 e. The minimum absolute atomic E-state index is 0.0431. The molecule has 0 fully saturated rings. The van der Waals surface area contributed by atoms with E-state index in [0.717, 1.165) is 6.08 Å². The van der Waals surface area contributed by atoms with E-state index in [2.05, 4.69) is 0 Å². The first kappa shape index (κ1) is 9.57. The molecule has 5 heteroatoms. The standard InChI is InChI=1S/C8H8FNO3/c1-8(10(12)13)4-2-3-7(9)6(8)5-11/h2-3,5H,4H2,1H3. The summed E-state index contributed by atoms with van der Waals surface area (Å²) in [6.45, 7) is 1.24. The molecular formula is C8H8FNO3. The second-order valence-corrected chi connectivity index (χ2v) is 3.02. The van der Waals surface area contributed by atoms with Crippen LogP contribution in [-0.2, 0) is 4.79 Å². The van der Waals surface area contributed by atoms with Gasteiger partial charge < -0.3 is 0 Å². The summed E-state index contributed by atoms with van der Waals surface area (Å²) in [7, 11) is 0. The van der Waals surface area contributed by atoms with Crippen molar-refractivity contribution in [2.45, 2.75) is 18.9 Å². The molecule has 0 aliphatic heterocycles. The Bertz CT molecular complexity index is 321. The minimum atomic E-state index is -1.61. The Morgan fingerprint density at radius 2 is 2.38 bits per heavy atom. The van der Waals surface area contributed by atoms with Crippen LogP contribution in [0.3, 0.4) is 0 Å². The average Bonchev–Trinajstić information content (AvgIpc) is 2.04. The van der Waals surface area contributed by atoms with Crippen LogP contribution >= 0.6 is 0 Å². The number of carbonyl (C=O) groups is 1. The number of allylic oxidation sites excluding steroid dienone is 2. The molecule has 1 unspecified atom stereocenters. The molecule has 0 aromatic rings. The third-order valence-electron chi connectivity index (χ3n) is 2.14. The molecule has 1 rings (SSSR count). The second kappa shape index (κ2) is 3.08. The SMILES string of the molecule is CC1([N+](=O)[O-])CC=CC(F)=C1C=O. The van der Waals surface area contributed by atoms with Gasteiger partial charge in [0.25, 0.3) is 5.54 Å².